The van der Waals surface area contributed by atoms with Gasteiger partial charge in [-0.05, 0) is 89.8 Å². The average molecular weight is 1020 g/mol. The normalized spacial score (nSPS) is 19.8. The molecule has 2 saturated heterocycles. The van der Waals surface area contributed by atoms with Crippen LogP contribution in [0, 0.1) is 0 Å². The van der Waals surface area contributed by atoms with Crippen LogP contribution in [0.1, 0.15) is 211 Å². The minimum Gasteiger partial charge on any atom is -0.399 e. The molecule has 0 bridgehead atoms. The molecule has 6 aromatic rings. The van der Waals surface area contributed by atoms with E-state index >= 15 is 0 Å². The maximum Gasteiger partial charge on any atom is 0.387 e. The molecule has 2 aliphatic heterocycles. The van der Waals surface area contributed by atoms with Gasteiger partial charge in [0, 0.05) is 43.8 Å². The molecule has 72 heavy (non-hydrogen) atoms. The largest absolute Gasteiger partial charge is 0.399 e. The van der Waals surface area contributed by atoms with Gasteiger partial charge in [0.15, 0.2) is 0 Å². The summed E-state index contributed by atoms with van der Waals surface area (Å²) in [7, 11) is -4.00. The van der Waals surface area contributed by atoms with Crippen molar-refractivity contribution in [2.24, 2.45) is 0 Å². The van der Waals surface area contributed by atoms with Crippen molar-refractivity contribution in [3.8, 4) is 0 Å². The second kappa shape index (κ2) is 18.1. The molecule has 8 rings (SSSR count). The Labute approximate surface area is 433 Å². The van der Waals surface area contributed by atoms with Gasteiger partial charge in [-0.3, -0.25) is 9.05 Å². The first-order chi connectivity index (χ1) is 32.7. The summed E-state index contributed by atoms with van der Waals surface area (Å²) in [5, 5.41) is 4.11. The smallest absolute Gasteiger partial charge is 0.387 e. The molecule has 4 heterocycles. The van der Waals surface area contributed by atoms with Gasteiger partial charge in [0.1, 0.15) is 46.7 Å². The fraction of sp³-hybridized carbons (Fsp3) is 0.613. The van der Waals surface area contributed by atoms with E-state index in [9.17, 15) is 0 Å². The molecule has 0 spiro atoms. The van der Waals surface area contributed by atoms with Crippen LogP contribution < -0.4 is 9.05 Å². The van der Waals surface area contributed by atoms with Gasteiger partial charge < -0.3 is 26.3 Å². The van der Waals surface area contributed by atoms with E-state index in [1.165, 1.54) is 22.3 Å². The Morgan fingerprint density at radius 2 is 0.528 bits per heavy atom. The summed E-state index contributed by atoms with van der Waals surface area (Å²) >= 11 is 0. The van der Waals surface area contributed by atoms with Crippen molar-refractivity contribution in [2.75, 3.05) is 13.2 Å². The Bertz CT molecular complexity index is 2730. The SMILES string of the molecule is CC(C)(C)c1cc(C(C)(C)C)c2op(O[C@H]3CO[C@H]4[C@@H]3OC[C@H]4Op3oc4c(C(C)(C)C)cc(C(C)(C)C)cc4c4cc(C(C)(C)C)cc(C(C)(C)C)c4o3)oc3c(C(C)(C)C)cc(C(C)(C)C)cc3c2c1. The maximum atomic E-state index is 7.17. The van der Waals surface area contributed by atoms with Gasteiger partial charge in [0.05, 0.1) is 13.2 Å². The van der Waals surface area contributed by atoms with Crippen molar-refractivity contribution in [3.05, 3.63) is 93.0 Å². The topological polar surface area (TPSA) is 89.5 Å². The van der Waals surface area contributed by atoms with E-state index in [2.05, 4.69) is 215 Å². The molecule has 4 atom stereocenters. The lowest BCUT2D eigenvalue weighted by Crippen LogP contribution is -2.35. The standard InChI is InChI=1S/C62H88O8P2/c1-55(2,3)35-25-39-40-26-36(56(4,5)6)30-44(60(16,17)18)50(40)68-71(67-49(39)43(29-35)59(13,14)15)65-47-33-63-54-48(34-64-53(47)54)66-72-69-51-41(27-37(57(7,8)9)31-45(51)61(19,20)21)42-28-38(58(10,11)12)32-46(52(42)70-72)62(22,23)24/h25-32,47-48,53-54H,33-34H2,1-24H3/t47-,48+,53-,54-/m1/s1. The lowest BCUT2D eigenvalue weighted by Gasteiger charge is -2.27. The molecule has 4 aromatic carbocycles. The second-order valence-corrected chi connectivity index (χ2v) is 31.3. The van der Waals surface area contributed by atoms with E-state index in [0.717, 1.165) is 66.1 Å². The quantitative estimate of drug-likeness (QED) is 0.173. The third-order valence-electron chi connectivity index (χ3n) is 14.7. The van der Waals surface area contributed by atoms with Crippen LogP contribution in [0.2, 0.25) is 0 Å². The van der Waals surface area contributed by atoms with Crippen LogP contribution >= 0.6 is 16.5 Å². The Hall–Kier alpha value is -3.48. The lowest BCUT2D eigenvalue weighted by atomic mass is 9.77. The molecule has 10 heteroatoms. The van der Waals surface area contributed by atoms with Gasteiger partial charge in [-0.25, -0.2) is 0 Å². The third kappa shape index (κ3) is 10.8. The van der Waals surface area contributed by atoms with E-state index < -0.39 is 40.9 Å². The molecule has 2 fully saturated rings. The minimum absolute atomic E-state index is 0.108. The van der Waals surface area contributed by atoms with E-state index in [1.807, 2.05) is 0 Å². The van der Waals surface area contributed by atoms with Crippen molar-refractivity contribution in [2.45, 2.75) is 234 Å². The van der Waals surface area contributed by atoms with Crippen molar-refractivity contribution in [1.82, 2.24) is 0 Å². The van der Waals surface area contributed by atoms with Gasteiger partial charge in [0.2, 0.25) is 0 Å². The first kappa shape index (κ1) is 54.8. The Morgan fingerprint density at radius 1 is 0.319 bits per heavy atom. The van der Waals surface area contributed by atoms with Crippen molar-refractivity contribution >= 4 is 60.4 Å². The highest BCUT2D eigenvalue weighted by Gasteiger charge is 2.51. The molecule has 2 aromatic heterocycles. The molecule has 2 aliphatic rings. The van der Waals surface area contributed by atoms with Crippen LogP contribution in [0.5, 0.6) is 0 Å². The monoisotopic (exact) mass is 1020 g/mol. The average Bonchev–Trinajstić information content (AvgIpc) is 3.70. The Morgan fingerprint density at radius 3 is 0.708 bits per heavy atom. The molecular formula is C62H88O8P2. The lowest BCUT2D eigenvalue weighted by molar-refractivity contribution is 0.0401. The van der Waals surface area contributed by atoms with Crippen molar-refractivity contribution in [1.29, 1.82) is 0 Å². The van der Waals surface area contributed by atoms with Gasteiger partial charge in [-0.1, -0.05) is 190 Å². The zero-order valence-electron chi connectivity index (χ0n) is 48.5. The van der Waals surface area contributed by atoms with Gasteiger partial charge in [-0.2, -0.15) is 0 Å². The molecule has 394 valence electrons. The summed E-state index contributed by atoms with van der Waals surface area (Å²) in [4.78, 5) is 0. The predicted molar refractivity (Wildman–Crippen MR) is 302 cm³/mol. The number of rotatable bonds is 4. The van der Waals surface area contributed by atoms with E-state index in [4.69, 9.17) is 35.3 Å². The molecule has 0 radical (unpaired) electrons. The number of fused-ring (bicyclic) bond motifs is 7. The summed E-state index contributed by atoms with van der Waals surface area (Å²) in [5.74, 6) is 0. The first-order valence-electron chi connectivity index (χ1n) is 26.4. The van der Waals surface area contributed by atoms with Crippen LogP contribution in [0.25, 0.3) is 43.9 Å². The molecule has 0 aliphatic carbocycles. The van der Waals surface area contributed by atoms with Crippen molar-refractivity contribution in [3.63, 3.8) is 0 Å². The zero-order valence-corrected chi connectivity index (χ0v) is 50.3. The molecular weight excluding hydrogens is 935 g/mol. The summed E-state index contributed by atoms with van der Waals surface area (Å²) in [5.41, 5.74) is 11.2. The number of hydrogen-bond acceptors (Lipinski definition) is 8. The molecule has 0 saturated carbocycles. The highest BCUT2D eigenvalue weighted by atomic mass is 31.1. The fourth-order valence-corrected chi connectivity index (χ4v) is 12.4. The Kier molecular flexibility index (Phi) is 13.8. The zero-order chi connectivity index (χ0) is 53.4. The molecule has 0 unspecified atom stereocenters. The van der Waals surface area contributed by atoms with Crippen LogP contribution in [-0.2, 0) is 52.8 Å². The van der Waals surface area contributed by atoms with Crippen molar-refractivity contribution < 1.29 is 35.3 Å². The van der Waals surface area contributed by atoms with Crippen LogP contribution in [0.15, 0.2) is 65.3 Å². The maximum absolute atomic E-state index is 7.17. The van der Waals surface area contributed by atoms with Gasteiger partial charge in [-0.15, -0.1) is 0 Å². The van der Waals surface area contributed by atoms with Crippen LogP contribution in [0.3, 0.4) is 0 Å². The van der Waals surface area contributed by atoms with Gasteiger partial charge >= 0.3 is 16.5 Å². The molecule has 8 nitrogen and oxygen atoms in total. The predicted octanol–water partition coefficient (Wildman–Crippen LogP) is 18.4. The Balaban J connectivity index is 1.27. The third-order valence-corrected chi connectivity index (χ3v) is 16.9. The van der Waals surface area contributed by atoms with E-state index in [-0.39, 0.29) is 56.5 Å². The molecule has 0 N–H and O–H groups in total. The summed E-state index contributed by atoms with van der Waals surface area (Å²) in [6, 6.07) is 18.6. The van der Waals surface area contributed by atoms with Gasteiger partial charge in [0.25, 0.3) is 0 Å². The molecule has 0 amide bonds. The highest BCUT2D eigenvalue weighted by Crippen LogP contribution is 2.49. The minimum atomic E-state index is -2.00. The van der Waals surface area contributed by atoms with E-state index in [1.54, 1.807) is 0 Å². The first-order valence-corrected chi connectivity index (χ1v) is 28.6. The number of ether oxygens (including phenoxy) is 2. The van der Waals surface area contributed by atoms with E-state index in [0.29, 0.717) is 0 Å². The van der Waals surface area contributed by atoms with Crippen LogP contribution in [0.4, 0.5) is 0 Å². The van der Waals surface area contributed by atoms with Crippen LogP contribution in [-0.4, -0.2) is 37.6 Å². The summed E-state index contributed by atoms with van der Waals surface area (Å²) in [6.07, 6.45) is -1.86. The summed E-state index contributed by atoms with van der Waals surface area (Å²) in [6.45, 7) is 54.9. The fourth-order valence-electron chi connectivity index (χ4n) is 9.92. The number of hydrogen-bond donors (Lipinski definition) is 0. The highest BCUT2D eigenvalue weighted by molar-refractivity contribution is 7.32. The number of benzene rings is 4. The second-order valence-electron chi connectivity index (χ2n) is 29.3. The summed E-state index contributed by atoms with van der Waals surface area (Å²) < 4.78 is 56.2.